The van der Waals surface area contributed by atoms with Crippen molar-refractivity contribution in [3.63, 3.8) is 0 Å². The first-order chi connectivity index (χ1) is 10.2. The van der Waals surface area contributed by atoms with E-state index in [2.05, 4.69) is 19.2 Å². The summed E-state index contributed by atoms with van der Waals surface area (Å²) in [7, 11) is -0.739. The zero-order valence-corrected chi connectivity index (χ0v) is 16.2. The van der Waals surface area contributed by atoms with Crippen molar-refractivity contribution in [3.05, 3.63) is 0 Å². The fourth-order valence-electron chi connectivity index (χ4n) is 2.56. The van der Waals surface area contributed by atoms with Gasteiger partial charge < -0.3 is 10.1 Å². The number of thioether (sulfide) groups is 1. The quantitative estimate of drug-likeness (QED) is 0.789. The van der Waals surface area contributed by atoms with Gasteiger partial charge in [-0.3, -0.25) is 4.21 Å². The summed E-state index contributed by atoms with van der Waals surface area (Å²) in [6, 6.07) is 0. The van der Waals surface area contributed by atoms with Gasteiger partial charge in [-0.15, -0.1) is 11.8 Å². The topological polar surface area (TPSA) is 55.4 Å². The molecule has 1 N–H and O–H groups in total. The Morgan fingerprint density at radius 1 is 1.32 bits per heavy atom. The molecule has 1 amide bonds. The Balaban J connectivity index is 2.62. The molecule has 0 saturated carbocycles. The van der Waals surface area contributed by atoms with E-state index in [4.69, 9.17) is 4.74 Å². The standard InChI is InChI=1S/C16H31NO3S2/c1-6-16(7-2,11-13-21-9-8-10-22(13)19)12-17-14(18)20-15(3,4)5/h13H,6-12H2,1-5H3,(H,17,18)/t13-,22?/m0/s1. The van der Waals surface area contributed by atoms with Gasteiger partial charge in [0.05, 0.1) is 4.58 Å². The van der Waals surface area contributed by atoms with Crippen molar-refractivity contribution in [1.82, 2.24) is 5.32 Å². The summed E-state index contributed by atoms with van der Waals surface area (Å²) in [6.07, 6.45) is 3.51. The van der Waals surface area contributed by atoms with E-state index in [-0.39, 0.29) is 16.1 Å². The molecule has 0 aliphatic carbocycles. The molecule has 0 bridgehead atoms. The first-order valence-corrected chi connectivity index (χ1v) is 10.6. The van der Waals surface area contributed by atoms with Gasteiger partial charge in [0, 0.05) is 23.1 Å². The van der Waals surface area contributed by atoms with Crippen LogP contribution in [0.3, 0.4) is 0 Å². The van der Waals surface area contributed by atoms with Crippen LogP contribution in [0.15, 0.2) is 0 Å². The maximum absolute atomic E-state index is 12.2. The van der Waals surface area contributed by atoms with Crippen LogP contribution in [0.4, 0.5) is 4.79 Å². The Kier molecular flexibility index (Phi) is 7.72. The van der Waals surface area contributed by atoms with E-state index in [0.717, 1.165) is 37.2 Å². The van der Waals surface area contributed by atoms with Crippen LogP contribution in [0.5, 0.6) is 0 Å². The summed E-state index contributed by atoms with van der Waals surface area (Å²) >= 11 is 1.83. The van der Waals surface area contributed by atoms with Gasteiger partial charge in [0.2, 0.25) is 0 Å². The van der Waals surface area contributed by atoms with Crippen LogP contribution in [0.25, 0.3) is 0 Å². The van der Waals surface area contributed by atoms with Crippen molar-refractivity contribution in [1.29, 1.82) is 0 Å². The Labute approximate surface area is 142 Å². The van der Waals surface area contributed by atoms with Gasteiger partial charge in [-0.2, -0.15) is 0 Å². The largest absolute Gasteiger partial charge is 0.444 e. The molecule has 2 atom stereocenters. The van der Waals surface area contributed by atoms with Crippen LogP contribution >= 0.6 is 11.8 Å². The van der Waals surface area contributed by atoms with E-state index in [0.29, 0.717) is 6.54 Å². The molecule has 22 heavy (non-hydrogen) atoms. The van der Waals surface area contributed by atoms with Crippen LogP contribution in [0.2, 0.25) is 0 Å². The maximum atomic E-state index is 12.2. The molecule has 1 heterocycles. The molecule has 6 heteroatoms. The minimum Gasteiger partial charge on any atom is -0.444 e. The number of carbonyl (C=O) groups is 1. The van der Waals surface area contributed by atoms with E-state index < -0.39 is 16.4 Å². The van der Waals surface area contributed by atoms with Crippen molar-refractivity contribution in [2.24, 2.45) is 5.41 Å². The minimum atomic E-state index is -0.739. The minimum absolute atomic E-state index is 0.00156. The summed E-state index contributed by atoms with van der Waals surface area (Å²) in [5, 5.41) is 2.92. The molecule has 0 radical (unpaired) electrons. The second-order valence-electron chi connectivity index (χ2n) is 7.01. The third-order valence-corrected chi connectivity index (χ3v) is 7.75. The van der Waals surface area contributed by atoms with Crippen LogP contribution in [-0.2, 0) is 15.5 Å². The molecule has 1 aliphatic rings. The molecule has 1 fully saturated rings. The predicted molar refractivity (Wildman–Crippen MR) is 95.7 cm³/mol. The molecule has 1 aliphatic heterocycles. The number of hydrogen-bond donors (Lipinski definition) is 1. The van der Waals surface area contributed by atoms with E-state index in [9.17, 15) is 9.00 Å². The smallest absolute Gasteiger partial charge is 0.407 e. The molecule has 0 aromatic heterocycles. The van der Waals surface area contributed by atoms with Crippen molar-refractivity contribution in [2.45, 2.75) is 70.5 Å². The highest BCUT2D eigenvalue weighted by atomic mass is 32.2. The lowest BCUT2D eigenvalue weighted by Gasteiger charge is -2.36. The lowest BCUT2D eigenvalue weighted by atomic mass is 9.79. The van der Waals surface area contributed by atoms with Gasteiger partial charge in [-0.1, -0.05) is 13.8 Å². The zero-order chi connectivity index (χ0) is 16.8. The summed E-state index contributed by atoms with van der Waals surface area (Å²) in [5.41, 5.74) is -0.479. The van der Waals surface area contributed by atoms with Crippen LogP contribution < -0.4 is 5.32 Å². The average molecular weight is 350 g/mol. The van der Waals surface area contributed by atoms with Crippen molar-refractivity contribution >= 4 is 28.7 Å². The number of ether oxygens (including phenoxy) is 1. The lowest BCUT2D eigenvalue weighted by Crippen LogP contribution is -2.42. The van der Waals surface area contributed by atoms with Crippen LogP contribution in [0.1, 0.15) is 60.3 Å². The first kappa shape index (κ1) is 19.8. The SMILES string of the molecule is CCC(CC)(CNC(=O)OC(C)(C)C)C[C@H]1SCCCS1=O. The normalized spacial score (nSPS) is 23.1. The second kappa shape index (κ2) is 8.57. The van der Waals surface area contributed by atoms with Crippen molar-refractivity contribution in [3.8, 4) is 0 Å². The Hall–Kier alpha value is -0.230. The number of alkyl carbamates (subject to hydrolysis) is 1. The zero-order valence-electron chi connectivity index (χ0n) is 14.6. The van der Waals surface area contributed by atoms with Gasteiger partial charge in [-0.25, -0.2) is 4.79 Å². The van der Waals surface area contributed by atoms with Gasteiger partial charge in [0.15, 0.2) is 0 Å². The van der Waals surface area contributed by atoms with Crippen LogP contribution in [0, 0.1) is 5.41 Å². The highest BCUT2D eigenvalue weighted by Crippen LogP contribution is 2.38. The highest BCUT2D eigenvalue weighted by Gasteiger charge is 2.34. The molecular weight excluding hydrogens is 318 g/mol. The Bertz CT molecular complexity index is 389. The Morgan fingerprint density at radius 2 is 1.95 bits per heavy atom. The van der Waals surface area contributed by atoms with Crippen molar-refractivity contribution < 1.29 is 13.7 Å². The highest BCUT2D eigenvalue weighted by molar-refractivity contribution is 8.11. The molecular formula is C16H31NO3S2. The van der Waals surface area contributed by atoms with Gasteiger partial charge >= 0.3 is 6.09 Å². The molecule has 0 aromatic rings. The fraction of sp³-hybridized carbons (Fsp3) is 0.938. The van der Waals surface area contributed by atoms with E-state index in [1.807, 2.05) is 32.5 Å². The molecule has 0 aromatic carbocycles. The molecule has 1 rings (SSSR count). The molecule has 130 valence electrons. The Morgan fingerprint density at radius 3 is 2.45 bits per heavy atom. The monoisotopic (exact) mass is 349 g/mol. The van der Waals surface area contributed by atoms with Gasteiger partial charge in [0.25, 0.3) is 0 Å². The number of carbonyl (C=O) groups excluding carboxylic acids is 1. The fourth-order valence-corrected chi connectivity index (χ4v) is 6.21. The van der Waals surface area contributed by atoms with E-state index >= 15 is 0 Å². The third kappa shape index (κ3) is 6.49. The summed E-state index contributed by atoms with van der Waals surface area (Å²) in [6.45, 7) is 10.5. The molecule has 0 spiro atoms. The molecule has 4 nitrogen and oxygen atoms in total. The number of nitrogens with one attached hydrogen (secondary N) is 1. The van der Waals surface area contributed by atoms with Crippen LogP contribution in [-0.4, -0.2) is 38.5 Å². The lowest BCUT2D eigenvalue weighted by molar-refractivity contribution is 0.0493. The molecule has 1 unspecified atom stereocenters. The predicted octanol–water partition coefficient (Wildman–Crippen LogP) is 3.92. The number of amides is 1. The van der Waals surface area contributed by atoms with E-state index in [1.165, 1.54) is 0 Å². The number of hydrogen-bond acceptors (Lipinski definition) is 4. The average Bonchev–Trinajstić information content (AvgIpc) is 2.44. The third-order valence-electron chi connectivity index (χ3n) is 4.19. The summed E-state index contributed by atoms with van der Waals surface area (Å²) in [5.74, 6) is 1.92. The van der Waals surface area contributed by atoms with Gasteiger partial charge in [-0.05, 0) is 57.6 Å². The summed E-state index contributed by atoms with van der Waals surface area (Å²) < 4.78 is 17.7. The first-order valence-electron chi connectivity index (χ1n) is 8.17. The van der Waals surface area contributed by atoms with E-state index in [1.54, 1.807) is 0 Å². The number of rotatable bonds is 6. The second-order valence-corrected chi connectivity index (χ2v) is 10.4. The van der Waals surface area contributed by atoms with Crippen molar-refractivity contribution in [2.75, 3.05) is 18.1 Å². The van der Waals surface area contributed by atoms with Gasteiger partial charge in [0.1, 0.15) is 5.60 Å². The summed E-state index contributed by atoms with van der Waals surface area (Å²) in [4.78, 5) is 11.9. The molecule has 1 saturated heterocycles. The maximum Gasteiger partial charge on any atom is 0.407 e.